The van der Waals surface area contributed by atoms with Gasteiger partial charge >= 0.3 is 0 Å². The lowest BCUT2D eigenvalue weighted by atomic mass is 10.3. The molecule has 3 heterocycles. The molecule has 0 unspecified atom stereocenters. The largest absolute Gasteiger partial charge is 0.467 e. The van der Waals surface area contributed by atoms with Crippen molar-refractivity contribution in [3.8, 4) is 0 Å². The molecule has 4 rings (SSSR count). The molecule has 0 aliphatic rings. The van der Waals surface area contributed by atoms with E-state index in [9.17, 15) is 13.2 Å². The van der Waals surface area contributed by atoms with Gasteiger partial charge in [-0.1, -0.05) is 18.2 Å². The van der Waals surface area contributed by atoms with Crippen LogP contribution in [-0.4, -0.2) is 23.2 Å². The monoisotopic (exact) mass is 370 g/mol. The van der Waals surface area contributed by atoms with E-state index in [-0.39, 0.29) is 33.1 Å². The van der Waals surface area contributed by atoms with Gasteiger partial charge in [0.25, 0.3) is 5.56 Å². The second-order valence-electron chi connectivity index (χ2n) is 5.66. The van der Waals surface area contributed by atoms with Gasteiger partial charge in [-0.3, -0.25) is 4.79 Å². The zero-order valence-electron chi connectivity index (χ0n) is 13.4. The Bertz CT molecular complexity index is 1240. The number of anilines is 1. The predicted molar refractivity (Wildman–Crippen MR) is 94.5 cm³/mol. The van der Waals surface area contributed by atoms with Gasteiger partial charge in [0.2, 0.25) is 9.84 Å². The molecular weight excluding hydrogens is 356 g/mol. The van der Waals surface area contributed by atoms with Crippen LogP contribution in [-0.2, 0) is 16.4 Å². The molecule has 1 aromatic carbocycles. The van der Waals surface area contributed by atoms with Crippen LogP contribution < -0.4 is 11.3 Å². The normalized spacial score (nSPS) is 11.8. The quantitative estimate of drug-likeness (QED) is 0.564. The first kappa shape index (κ1) is 16.2. The van der Waals surface area contributed by atoms with Crippen molar-refractivity contribution >= 4 is 26.6 Å². The van der Waals surface area contributed by atoms with Gasteiger partial charge in [-0.05, 0) is 24.3 Å². The van der Waals surface area contributed by atoms with Crippen molar-refractivity contribution in [1.29, 1.82) is 0 Å². The van der Waals surface area contributed by atoms with E-state index in [4.69, 9.17) is 10.2 Å². The van der Waals surface area contributed by atoms with E-state index in [0.29, 0.717) is 5.76 Å². The van der Waals surface area contributed by atoms with Crippen LogP contribution in [0.3, 0.4) is 0 Å². The molecule has 0 spiro atoms. The molecule has 3 N–H and O–H groups in total. The molecule has 26 heavy (non-hydrogen) atoms. The summed E-state index contributed by atoms with van der Waals surface area (Å²) in [5.41, 5.74) is 5.78. The molecule has 9 heteroatoms. The number of nitrogen functional groups attached to an aromatic ring is 1. The zero-order valence-corrected chi connectivity index (χ0v) is 14.2. The highest BCUT2D eigenvalue weighted by atomic mass is 32.2. The van der Waals surface area contributed by atoms with Crippen molar-refractivity contribution in [1.82, 2.24) is 14.8 Å². The van der Waals surface area contributed by atoms with E-state index < -0.39 is 15.4 Å². The molecule has 3 aromatic heterocycles. The topological polar surface area (TPSA) is 124 Å². The molecule has 0 amide bonds. The van der Waals surface area contributed by atoms with E-state index in [2.05, 4.69) is 10.2 Å². The minimum Gasteiger partial charge on any atom is -0.467 e. The number of H-pyrrole nitrogens is 1. The lowest BCUT2D eigenvalue weighted by molar-refractivity contribution is 0.497. The molecule has 0 atom stereocenters. The number of nitrogens with zero attached hydrogens (tertiary/aromatic N) is 2. The number of aromatic nitrogens is 3. The Morgan fingerprint density at radius 1 is 1.15 bits per heavy atom. The van der Waals surface area contributed by atoms with Gasteiger partial charge < -0.3 is 14.7 Å². The maximum Gasteiger partial charge on any atom is 0.288 e. The third kappa shape index (κ3) is 2.40. The molecule has 8 nitrogen and oxygen atoms in total. The highest BCUT2D eigenvalue weighted by Crippen LogP contribution is 2.34. The summed E-state index contributed by atoms with van der Waals surface area (Å²) < 4.78 is 33.0. The third-order valence-corrected chi connectivity index (χ3v) is 5.94. The molecule has 0 bridgehead atoms. The van der Waals surface area contributed by atoms with Crippen molar-refractivity contribution in [2.45, 2.75) is 16.3 Å². The SMILES string of the molecule is Nc1c(S(=O)(=O)c2ccccc2)c2cn[nH]c(=O)c2n1Cc1ccco1. The Kier molecular flexibility index (Phi) is 3.66. The first-order chi connectivity index (χ1) is 12.5. The van der Waals surface area contributed by atoms with Crippen LogP contribution in [0.15, 0.2) is 73.9 Å². The Balaban J connectivity index is 2.04. The molecule has 0 fully saturated rings. The zero-order chi connectivity index (χ0) is 18.3. The van der Waals surface area contributed by atoms with Gasteiger partial charge in [0, 0.05) is 5.39 Å². The number of aromatic amines is 1. The van der Waals surface area contributed by atoms with Crippen LogP contribution >= 0.6 is 0 Å². The van der Waals surface area contributed by atoms with Crippen LogP contribution in [0.1, 0.15) is 5.76 Å². The second kappa shape index (κ2) is 5.88. The lowest BCUT2D eigenvalue weighted by Crippen LogP contribution is -2.13. The van der Waals surface area contributed by atoms with Gasteiger partial charge in [-0.25, -0.2) is 13.5 Å². The van der Waals surface area contributed by atoms with Gasteiger partial charge in [0.1, 0.15) is 22.0 Å². The van der Waals surface area contributed by atoms with Gasteiger partial charge in [-0.15, -0.1) is 0 Å². The van der Waals surface area contributed by atoms with Gasteiger partial charge in [-0.2, -0.15) is 5.10 Å². The molecular formula is C17H14N4O4S. The Morgan fingerprint density at radius 3 is 2.62 bits per heavy atom. The average molecular weight is 370 g/mol. The number of hydrogen-bond donors (Lipinski definition) is 2. The Morgan fingerprint density at radius 2 is 1.92 bits per heavy atom. The van der Waals surface area contributed by atoms with Crippen molar-refractivity contribution in [3.63, 3.8) is 0 Å². The van der Waals surface area contributed by atoms with E-state index in [1.807, 2.05) is 0 Å². The second-order valence-corrected chi connectivity index (χ2v) is 7.54. The van der Waals surface area contributed by atoms with Crippen molar-refractivity contribution < 1.29 is 12.8 Å². The van der Waals surface area contributed by atoms with Crippen LogP contribution in [0, 0.1) is 0 Å². The van der Waals surface area contributed by atoms with Gasteiger partial charge in [0.15, 0.2) is 0 Å². The standard InChI is InChI=1S/C17H14N4O4S/c18-16-15(26(23,24)12-6-2-1-3-7-12)13-9-19-20-17(22)14(13)21(16)10-11-5-4-8-25-11/h1-9H,10,18H2,(H,20,22). The summed E-state index contributed by atoms with van der Waals surface area (Å²) >= 11 is 0. The summed E-state index contributed by atoms with van der Waals surface area (Å²) in [7, 11) is -3.94. The number of furan rings is 1. The maximum atomic E-state index is 13.1. The molecule has 0 aliphatic heterocycles. The highest BCUT2D eigenvalue weighted by molar-refractivity contribution is 7.92. The predicted octanol–water partition coefficient (Wildman–Crippen LogP) is 1.78. The van der Waals surface area contributed by atoms with E-state index in [1.165, 1.54) is 29.2 Å². The Labute approximate surface area is 147 Å². The number of rotatable bonds is 4. The summed E-state index contributed by atoms with van der Waals surface area (Å²) in [6.07, 6.45) is 2.78. The van der Waals surface area contributed by atoms with Crippen LogP contribution in [0.4, 0.5) is 5.82 Å². The van der Waals surface area contributed by atoms with E-state index in [1.54, 1.807) is 30.3 Å². The fourth-order valence-electron chi connectivity index (χ4n) is 2.93. The molecule has 132 valence electrons. The number of sulfone groups is 1. The average Bonchev–Trinajstić information content (AvgIpc) is 3.24. The molecule has 0 saturated heterocycles. The maximum absolute atomic E-state index is 13.1. The minimum absolute atomic E-state index is 0.0428. The number of benzene rings is 1. The Hall–Kier alpha value is -3.33. The van der Waals surface area contributed by atoms with E-state index >= 15 is 0 Å². The van der Waals surface area contributed by atoms with Gasteiger partial charge in [0.05, 0.1) is 23.9 Å². The smallest absolute Gasteiger partial charge is 0.288 e. The fourth-order valence-corrected chi connectivity index (χ4v) is 4.51. The number of fused-ring (bicyclic) bond motifs is 1. The summed E-state index contributed by atoms with van der Waals surface area (Å²) in [4.78, 5) is 12.3. The number of hydrogen-bond acceptors (Lipinski definition) is 6. The summed E-state index contributed by atoms with van der Waals surface area (Å²) in [5, 5.41) is 6.22. The molecule has 0 aliphatic carbocycles. The van der Waals surface area contributed by atoms with Crippen LogP contribution in [0.5, 0.6) is 0 Å². The molecule has 4 aromatic rings. The molecule has 0 radical (unpaired) electrons. The minimum atomic E-state index is -3.94. The molecule has 0 saturated carbocycles. The third-order valence-electron chi connectivity index (χ3n) is 4.08. The lowest BCUT2D eigenvalue weighted by Gasteiger charge is -2.07. The summed E-state index contributed by atoms with van der Waals surface area (Å²) in [5.74, 6) is 0.493. The summed E-state index contributed by atoms with van der Waals surface area (Å²) in [6, 6.07) is 11.3. The first-order valence-corrected chi connectivity index (χ1v) is 9.16. The first-order valence-electron chi connectivity index (χ1n) is 7.68. The number of nitrogens with two attached hydrogens (primary N) is 1. The summed E-state index contributed by atoms with van der Waals surface area (Å²) in [6.45, 7) is 0.118. The van der Waals surface area contributed by atoms with Crippen molar-refractivity contribution in [2.75, 3.05) is 5.73 Å². The van der Waals surface area contributed by atoms with Crippen molar-refractivity contribution in [3.05, 3.63) is 71.0 Å². The van der Waals surface area contributed by atoms with Crippen molar-refractivity contribution in [2.24, 2.45) is 0 Å². The fraction of sp³-hybridized carbons (Fsp3) is 0.0588. The van der Waals surface area contributed by atoms with Crippen LogP contribution in [0.25, 0.3) is 10.9 Å². The van der Waals surface area contributed by atoms with E-state index in [0.717, 1.165) is 0 Å². The van der Waals surface area contributed by atoms with Crippen LogP contribution in [0.2, 0.25) is 0 Å². The number of nitrogens with one attached hydrogen (secondary N) is 1. The highest BCUT2D eigenvalue weighted by Gasteiger charge is 2.29.